The van der Waals surface area contributed by atoms with Crippen LogP contribution in [0.2, 0.25) is 0 Å². The lowest BCUT2D eigenvalue weighted by Crippen LogP contribution is -2.32. The Labute approximate surface area is 454 Å². The third-order valence-corrected chi connectivity index (χ3v) is 16.6. The van der Waals surface area contributed by atoms with Gasteiger partial charge in [-0.3, -0.25) is 0 Å². The molecule has 3 heterocycles. The first-order valence-electron chi connectivity index (χ1n) is 27.1. The summed E-state index contributed by atoms with van der Waals surface area (Å²) >= 11 is 0. The number of hydrogen-bond donors (Lipinski definition) is 0. The highest BCUT2D eigenvalue weighted by atomic mass is 16.5. The minimum atomic E-state index is -0.816. The molecule has 0 N–H and O–H groups in total. The Bertz CT molecular complexity index is 4520. The smallest absolute Gasteiger partial charge is 0.135 e. The molecule has 11 aromatic carbocycles. The summed E-state index contributed by atoms with van der Waals surface area (Å²) < 4.78 is 19.9. The van der Waals surface area contributed by atoms with Crippen LogP contribution in [-0.2, 0) is 16.2 Å². The highest BCUT2D eigenvalue weighted by molar-refractivity contribution is 6.13. The van der Waals surface area contributed by atoms with Gasteiger partial charge in [0.1, 0.15) is 33.8 Å². The molecule has 5 nitrogen and oxygen atoms in total. The molecule has 2 aliphatic rings. The molecule has 1 aliphatic carbocycles. The van der Waals surface area contributed by atoms with Crippen molar-refractivity contribution in [1.29, 1.82) is 0 Å². The van der Waals surface area contributed by atoms with Gasteiger partial charge < -0.3 is 23.4 Å². The Morgan fingerprint density at radius 2 is 0.744 bits per heavy atom. The van der Waals surface area contributed by atoms with Crippen molar-refractivity contribution in [2.24, 2.45) is 0 Å². The molecule has 5 heteroatoms. The van der Waals surface area contributed by atoms with Crippen LogP contribution < -0.4 is 14.5 Å². The Kier molecular flexibility index (Phi) is 9.94. The Morgan fingerprint density at radius 3 is 1.29 bits per heavy atom. The predicted molar refractivity (Wildman–Crippen MR) is 323 cm³/mol. The van der Waals surface area contributed by atoms with Crippen molar-refractivity contribution < 1.29 is 13.6 Å². The van der Waals surface area contributed by atoms with Crippen molar-refractivity contribution in [3.63, 3.8) is 0 Å². The van der Waals surface area contributed by atoms with Crippen molar-refractivity contribution in [2.75, 3.05) is 9.80 Å². The molecule has 78 heavy (non-hydrogen) atoms. The molecular weight excluding hydrogens is 953 g/mol. The summed E-state index contributed by atoms with van der Waals surface area (Å²) in [5.74, 6) is 1.68. The van der Waals surface area contributed by atoms with Crippen LogP contribution in [0.4, 0.5) is 34.1 Å². The van der Waals surface area contributed by atoms with E-state index in [0.717, 1.165) is 106 Å². The van der Waals surface area contributed by atoms with Crippen LogP contribution in [0.5, 0.6) is 11.5 Å². The van der Waals surface area contributed by atoms with Crippen LogP contribution in [0.15, 0.2) is 239 Å². The Morgan fingerprint density at radius 1 is 0.321 bits per heavy atom. The number of rotatable bonds is 6. The van der Waals surface area contributed by atoms with Crippen molar-refractivity contribution in [3.05, 3.63) is 264 Å². The number of para-hydroxylation sites is 4. The molecule has 0 bridgehead atoms. The second-order valence-corrected chi connectivity index (χ2v) is 23.3. The maximum atomic E-state index is 6.99. The summed E-state index contributed by atoms with van der Waals surface area (Å²) in [5, 5.41) is 6.66. The monoisotopic (exact) mass is 1010 g/mol. The minimum Gasteiger partial charge on any atom is -0.457 e. The molecule has 15 rings (SSSR count). The van der Waals surface area contributed by atoms with Crippen LogP contribution in [0.1, 0.15) is 74.9 Å². The summed E-state index contributed by atoms with van der Waals surface area (Å²) in [6.45, 7) is 13.7. The summed E-state index contributed by atoms with van der Waals surface area (Å²) in [5.41, 5.74) is 18.5. The van der Waals surface area contributed by atoms with Gasteiger partial charge in [-0.2, -0.15) is 0 Å². The first-order valence-corrected chi connectivity index (χ1v) is 27.1. The fourth-order valence-corrected chi connectivity index (χ4v) is 12.8. The van der Waals surface area contributed by atoms with E-state index in [2.05, 4.69) is 270 Å². The number of fused-ring (bicyclic) bond motifs is 17. The van der Waals surface area contributed by atoms with Crippen molar-refractivity contribution in [2.45, 2.75) is 57.8 Å². The van der Waals surface area contributed by atoms with E-state index in [-0.39, 0.29) is 10.8 Å². The molecular formula is C73H56N2O3. The van der Waals surface area contributed by atoms with E-state index in [4.69, 9.17) is 13.6 Å². The van der Waals surface area contributed by atoms with Gasteiger partial charge in [0.25, 0.3) is 0 Å². The van der Waals surface area contributed by atoms with E-state index in [1.54, 1.807) is 0 Å². The normalized spacial score (nSPS) is 13.5. The van der Waals surface area contributed by atoms with Crippen LogP contribution in [-0.4, -0.2) is 0 Å². The lowest BCUT2D eigenvalue weighted by atomic mass is 9.66. The molecule has 0 radical (unpaired) electrons. The Balaban J connectivity index is 1.03. The number of hydrogen-bond acceptors (Lipinski definition) is 5. The summed E-state index contributed by atoms with van der Waals surface area (Å²) in [6, 6.07) is 84.3. The lowest BCUT2D eigenvalue weighted by Gasteiger charge is -2.40. The quantitative estimate of drug-likeness (QED) is 0.166. The minimum absolute atomic E-state index is 0.0129. The molecule has 1 spiro atoms. The zero-order valence-corrected chi connectivity index (χ0v) is 44.6. The molecule has 1 aliphatic heterocycles. The molecule has 0 amide bonds. The molecule has 2 aromatic heterocycles. The highest BCUT2D eigenvalue weighted by Gasteiger charge is 2.52. The Hall–Kier alpha value is -9.32. The summed E-state index contributed by atoms with van der Waals surface area (Å²) in [6.07, 6.45) is 0. The largest absolute Gasteiger partial charge is 0.457 e. The zero-order chi connectivity index (χ0) is 52.7. The fourth-order valence-electron chi connectivity index (χ4n) is 12.8. The van der Waals surface area contributed by atoms with Gasteiger partial charge in [-0.1, -0.05) is 169 Å². The maximum Gasteiger partial charge on any atom is 0.135 e. The van der Waals surface area contributed by atoms with Crippen LogP contribution in [0.25, 0.3) is 65.8 Å². The van der Waals surface area contributed by atoms with Gasteiger partial charge in [0, 0.05) is 66.5 Å². The average Bonchev–Trinajstić information content (AvgIpc) is 2.48. The zero-order valence-electron chi connectivity index (χ0n) is 44.6. The molecule has 0 saturated heterocycles. The average molecular weight is 1010 g/mol. The second kappa shape index (κ2) is 16.8. The van der Waals surface area contributed by atoms with Gasteiger partial charge in [0.2, 0.25) is 0 Å². The standard InChI is InChI=1S/C73H56N2O3/c1-71(2,3)45-27-31-47(32-28-45)74(49-36-39-66-57(41-49)53-18-9-13-23-64(53)76-66)51-35-38-56-61(43-51)73(59-21-11-15-25-68(59)78-69-26-16-12-22-60(69)73)62-44-63(52-17-7-8-20-55(52)70(56)62)75(48-33-29-46(30-34-48)72(4,5)6)50-37-40-67-58(42-50)54-19-10-14-24-65(54)77-67/h7-44H,1-6H3. The predicted octanol–water partition coefficient (Wildman–Crippen LogP) is 20.6. The van der Waals surface area contributed by atoms with Gasteiger partial charge in [-0.25, -0.2) is 0 Å². The van der Waals surface area contributed by atoms with E-state index in [1.807, 2.05) is 12.1 Å². The lowest BCUT2D eigenvalue weighted by molar-refractivity contribution is 0.436. The first-order chi connectivity index (χ1) is 37.9. The number of nitrogens with zero attached hydrogens (tertiary/aromatic N) is 2. The molecule has 13 aromatic rings. The van der Waals surface area contributed by atoms with Crippen LogP contribution in [0, 0.1) is 0 Å². The second-order valence-electron chi connectivity index (χ2n) is 23.3. The van der Waals surface area contributed by atoms with E-state index >= 15 is 0 Å². The molecule has 376 valence electrons. The van der Waals surface area contributed by atoms with Crippen molar-refractivity contribution in [1.82, 2.24) is 0 Å². The van der Waals surface area contributed by atoms with Gasteiger partial charge in [0.15, 0.2) is 0 Å². The molecule has 0 saturated carbocycles. The maximum absolute atomic E-state index is 6.99. The topological polar surface area (TPSA) is 42.0 Å². The summed E-state index contributed by atoms with van der Waals surface area (Å²) in [7, 11) is 0. The van der Waals surface area contributed by atoms with Crippen molar-refractivity contribution in [3.8, 4) is 22.6 Å². The fraction of sp³-hybridized carbons (Fsp3) is 0.123. The van der Waals surface area contributed by atoms with Crippen LogP contribution in [0.3, 0.4) is 0 Å². The van der Waals surface area contributed by atoms with Gasteiger partial charge in [-0.05, 0) is 153 Å². The number of benzene rings is 11. The highest BCUT2D eigenvalue weighted by Crippen LogP contribution is 2.65. The molecule has 0 atom stereocenters. The van der Waals surface area contributed by atoms with Gasteiger partial charge in [-0.15, -0.1) is 0 Å². The number of anilines is 6. The van der Waals surface area contributed by atoms with Gasteiger partial charge in [0.05, 0.1) is 11.1 Å². The van der Waals surface area contributed by atoms with Crippen LogP contribution >= 0.6 is 0 Å². The van der Waals surface area contributed by atoms with E-state index < -0.39 is 5.41 Å². The third kappa shape index (κ3) is 6.87. The number of furan rings is 2. The van der Waals surface area contributed by atoms with E-state index in [9.17, 15) is 0 Å². The van der Waals surface area contributed by atoms with E-state index in [0.29, 0.717) is 0 Å². The number of ether oxygens (including phenoxy) is 1. The van der Waals surface area contributed by atoms with Gasteiger partial charge >= 0.3 is 0 Å². The van der Waals surface area contributed by atoms with E-state index in [1.165, 1.54) is 38.8 Å². The SMILES string of the molecule is CC(C)(C)c1ccc(N(c2ccc3c(c2)C2(c4ccccc4Oc4ccccc42)c2cc(N(c4ccc(C(C)(C)C)cc4)c4ccc5oc6ccccc6c5c4)c4ccccc4c2-3)c2ccc3oc4ccccc4c3c2)cc1. The third-order valence-electron chi connectivity index (χ3n) is 16.6. The molecule has 0 fully saturated rings. The van der Waals surface area contributed by atoms with Crippen molar-refractivity contribution >= 4 is 88.8 Å². The summed E-state index contributed by atoms with van der Waals surface area (Å²) in [4.78, 5) is 4.89. The first kappa shape index (κ1) is 46.0. The molecule has 0 unspecified atom stereocenters.